The zero-order chi connectivity index (χ0) is 29.6. The molecule has 5 rings (SSSR count). The summed E-state index contributed by atoms with van der Waals surface area (Å²) in [7, 11) is 0. The molecule has 10 nitrogen and oxygen atoms in total. The van der Waals surface area contributed by atoms with E-state index < -0.39 is 81.6 Å². The summed E-state index contributed by atoms with van der Waals surface area (Å²) in [5.41, 5.74) is -8.04. The van der Waals surface area contributed by atoms with Crippen LogP contribution < -0.4 is 0 Å². The summed E-state index contributed by atoms with van der Waals surface area (Å²) in [6.45, 7) is 8.93. The summed E-state index contributed by atoms with van der Waals surface area (Å²) < 4.78 is 17.6. The topological polar surface area (TPSA) is 160 Å². The van der Waals surface area contributed by atoms with Crippen LogP contribution >= 0.6 is 0 Å². The molecule has 0 amide bonds. The van der Waals surface area contributed by atoms with Crippen LogP contribution in [0.4, 0.5) is 0 Å². The van der Waals surface area contributed by atoms with Gasteiger partial charge in [0.25, 0.3) is 0 Å². The van der Waals surface area contributed by atoms with Gasteiger partial charge in [-0.15, -0.1) is 0 Å². The molecule has 5 aliphatic rings. The second-order valence-electron chi connectivity index (χ2n) is 13.9. The Labute approximate surface area is 235 Å². The smallest absolute Gasteiger partial charge is 0.309 e. The van der Waals surface area contributed by atoms with Gasteiger partial charge in [-0.05, 0) is 44.8 Å². The maximum atomic E-state index is 14.7. The Morgan fingerprint density at radius 3 is 2.17 bits per heavy atom. The lowest BCUT2D eigenvalue weighted by atomic mass is 9.44. The van der Waals surface area contributed by atoms with Gasteiger partial charge < -0.3 is 34.6 Å². The number of carbonyl (C=O) groups excluding carboxylic acids is 3. The largest absolute Gasteiger partial charge is 0.459 e. The van der Waals surface area contributed by atoms with Crippen LogP contribution in [0.1, 0.15) is 86.5 Å². The number of fused-ring (bicyclic) bond motifs is 5. The second kappa shape index (κ2) is 9.33. The second-order valence-corrected chi connectivity index (χ2v) is 13.9. The normalized spacial score (nSPS) is 46.8. The average Bonchev–Trinajstić information content (AvgIpc) is 2.87. The minimum atomic E-state index is -2.03. The van der Waals surface area contributed by atoms with Crippen molar-refractivity contribution in [2.45, 2.75) is 128 Å². The fourth-order valence-corrected chi connectivity index (χ4v) is 8.55. The first-order valence-electron chi connectivity index (χ1n) is 14.5. The molecule has 0 aromatic heterocycles. The Morgan fingerprint density at radius 1 is 1.00 bits per heavy atom. The van der Waals surface area contributed by atoms with E-state index in [0.29, 0.717) is 18.4 Å². The van der Waals surface area contributed by atoms with Crippen molar-refractivity contribution >= 4 is 17.7 Å². The molecule has 4 N–H and O–H groups in total. The number of ketones is 1. The van der Waals surface area contributed by atoms with Crippen molar-refractivity contribution < 1.29 is 49.0 Å². The van der Waals surface area contributed by atoms with Crippen LogP contribution in [-0.4, -0.2) is 86.0 Å². The summed E-state index contributed by atoms with van der Waals surface area (Å²) in [6, 6.07) is 0. The van der Waals surface area contributed by atoms with E-state index in [4.69, 9.17) is 14.2 Å². The molecule has 0 radical (unpaired) electrons. The van der Waals surface area contributed by atoms with Crippen LogP contribution in [0.2, 0.25) is 0 Å². The van der Waals surface area contributed by atoms with Crippen molar-refractivity contribution in [3.8, 4) is 0 Å². The number of aliphatic hydroxyl groups excluding tert-OH is 1. The van der Waals surface area contributed by atoms with Crippen molar-refractivity contribution in [1.82, 2.24) is 0 Å². The number of hydrogen-bond acceptors (Lipinski definition) is 10. The highest BCUT2D eigenvalue weighted by atomic mass is 16.6. The van der Waals surface area contributed by atoms with Crippen molar-refractivity contribution in [1.29, 1.82) is 0 Å². The van der Waals surface area contributed by atoms with Crippen LogP contribution in [0, 0.1) is 22.7 Å². The maximum Gasteiger partial charge on any atom is 0.309 e. The van der Waals surface area contributed by atoms with E-state index in [1.54, 1.807) is 20.8 Å². The predicted molar refractivity (Wildman–Crippen MR) is 141 cm³/mol. The molecule has 0 aromatic rings. The van der Waals surface area contributed by atoms with E-state index in [9.17, 15) is 34.8 Å². The minimum absolute atomic E-state index is 0.0666. The minimum Gasteiger partial charge on any atom is -0.459 e. The number of ether oxygens (including phenoxy) is 3. The molecule has 1 heterocycles. The van der Waals surface area contributed by atoms with Crippen LogP contribution in [0.3, 0.4) is 0 Å². The molecule has 1 saturated heterocycles. The predicted octanol–water partition coefficient (Wildman–Crippen LogP) is 1.74. The van der Waals surface area contributed by atoms with E-state index in [-0.39, 0.29) is 25.0 Å². The first kappa shape index (κ1) is 29.6. The molecular weight excluding hydrogens is 520 g/mol. The third kappa shape index (κ3) is 3.89. The highest BCUT2D eigenvalue weighted by Gasteiger charge is 2.77. The van der Waals surface area contributed by atoms with Gasteiger partial charge in [0.2, 0.25) is 0 Å². The summed E-state index contributed by atoms with van der Waals surface area (Å²) in [4.78, 5) is 40.8. The van der Waals surface area contributed by atoms with E-state index >= 15 is 0 Å². The fraction of sp³-hybridized carbons (Fsp3) is 0.833. The van der Waals surface area contributed by atoms with Crippen molar-refractivity contribution in [2.24, 2.45) is 22.7 Å². The summed E-state index contributed by atoms with van der Waals surface area (Å²) in [6.07, 6.45) is -1.62. The number of carbonyl (C=O) groups is 3. The van der Waals surface area contributed by atoms with Gasteiger partial charge in [-0.1, -0.05) is 33.1 Å². The molecule has 0 spiro atoms. The molecule has 1 unspecified atom stereocenters. The third-order valence-electron chi connectivity index (χ3n) is 11.2. The van der Waals surface area contributed by atoms with E-state index in [0.717, 1.165) is 26.2 Å². The van der Waals surface area contributed by atoms with Gasteiger partial charge in [-0.3, -0.25) is 14.4 Å². The first-order valence-corrected chi connectivity index (χ1v) is 14.5. The van der Waals surface area contributed by atoms with Crippen LogP contribution in [0.5, 0.6) is 0 Å². The SMILES string of the molecule is CC(=O)O[C@H]1C(=O)[C@@]2(C)C([C@H](OC(=O)C3CCCCC3)[C@]3(O)C[C@](C)(O)C(C)=C1C3(C)C)[C@]1(O)CO[C@@H]1C[C@@H]2O. The number of esters is 2. The molecule has 9 atom stereocenters. The Hall–Kier alpha value is -1.85. The molecule has 10 heteroatoms. The van der Waals surface area contributed by atoms with Gasteiger partial charge in [0.15, 0.2) is 11.9 Å². The lowest BCUT2D eigenvalue weighted by molar-refractivity contribution is -0.346. The van der Waals surface area contributed by atoms with Crippen LogP contribution in [0.15, 0.2) is 11.1 Å². The molecule has 4 fully saturated rings. The number of Topliss-reactive ketones (excluding diaryl/α,β-unsaturated/α-hetero) is 1. The van der Waals surface area contributed by atoms with E-state index in [2.05, 4.69) is 0 Å². The van der Waals surface area contributed by atoms with Crippen molar-refractivity contribution in [2.75, 3.05) is 6.61 Å². The van der Waals surface area contributed by atoms with Gasteiger partial charge in [-0.2, -0.15) is 0 Å². The van der Waals surface area contributed by atoms with E-state index in [1.165, 1.54) is 13.8 Å². The van der Waals surface area contributed by atoms with Gasteiger partial charge in [0.05, 0.1) is 35.7 Å². The van der Waals surface area contributed by atoms with Gasteiger partial charge in [-0.25, -0.2) is 0 Å². The van der Waals surface area contributed by atoms with Crippen LogP contribution in [0.25, 0.3) is 0 Å². The molecule has 2 bridgehead atoms. The highest BCUT2D eigenvalue weighted by molar-refractivity contribution is 5.95. The molecule has 0 aromatic carbocycles. The Bertz CT molecular complexity index is 1140. The summed E-state index contributed by atoms with van der Waals surface area (Å²) in [5, 5.41) is 48.2. The molecular formula is C30H44O10. The number of rotatable bonds is 3. The highest BCUT2D eigenvalue weighted by Crippen LogP contribution is 2.64. The van der Waals surface area contributed by atoms with Gasteiger partial charge in [0, 0.05) is 31.1 Å². The molecule has 1 aliphatic heterocycles. The zero-order valence-corrected chi connectivity index (χ0v) is 24.4. The molecule has 224 valence electrons. The van der Waals surface area contributed by atoms with Gasteiger partial charge in [0.1, 0.15) is 17.3 Å². The van der Waals surface area contributed by atoms with Gasteiger partial charge >= 0.3 is 11.9 Å². The Kier molecular flexibility index (Phi) is 6.91. The summed E-state index contributed by atoms with van der Waals surface area (Å²) in [5.74, 6) is -3.69. The Morgan fingerprint density at radius 2 is 1.62 bits per heavy atom. The number of aliphatic hydroxyl groups is 4. The molecule has 3 saturated carbocycles. The summed E-state index contributed by atoms with van der Waals surface area (Å²) >= 11 is 0. The number of hydrogen-bond donors (Lipinski definition) is 4. The third-order valence-corrected chi connectivity index (χ3v) is 11.2. The molecule has 40 heavy (non-hydrogen) atoms. The van der Waals surface area contributed by atoms with Crippen molar-refractivity contribution in [3.05, 3.63) is 11.1 Å². The van der Waals surface area contributed by atoms with Crippen LogP contribution in [-0.2, 0) is 28.6 Å². The zero-order valence-electron chi connectivity index (χ0n) is 24.4. The lowest BCUT2D eigenvalue weighted by Gasteiger charge is -2.67. The first-order chi connectivity index (χ1) is 18.4. The Balaban J connectivity index is 1.79. The maximum absolute atomic E-state index is 14.7. The van der Waals surface area contributed by atoms with Crippen molar-refractivity contribution in [3.63, 3.8) is 0 Å². The fourth-order valence-electron chi connectivity index (χ4n) is 8.55. The molecule has 4 aliphatic carbocycles. The van der Waals surface area contributed by atoms with E-state index in [1.807, 2.05) is 0 Å². The monoisotopic (exact) mass is 564 g/mol. The lowest BCUT2D eigenvalue weighted by Crippen LogP contribution is -2.81. The average molecular weight is 565 g/mol. The quantitative estimate of drug-likeness (QED) is 0.294. The standard InChI is InChI=1S/C30H44O10/c1-15-20-21(39-16(2)31)23(33)28(6)18(32)12-19-29(36,14-38-19)22(28)24(40-25(34)17-10-8-7-9-11-17)30(37,26(20,3)4)13-27(15,5)35/h17-19,21-22,24,32,35-37H,7-14H2,1-6H3/t18-,19+,21+,22?,24-,27-,28+,29-,30+/m0/s1.